The quantitative estimate of drug-likeness (QED) is 0.529. The summed E-state index contributed by atoms with van der Waals surface area (Å²) in [6.07, 6.45) is 7.04. The highest BCUT2D eigenvalue weighted by Gasteiger charge is 2.35. The number of benzene rings is 1. The van der Waals surface area contributed by atoms with Crippen molar-refractivity contribution in [1.82, 2.24) is 9.80 Å². The molecule has 160 valence electrons. The topological polar surface area (TPSA) is 42.0 Å². The molecule has 2 saturated heterocycles. The van der Waals surface area contributed by atoms with Crippen molar-refractivity contribution in [1.29, 1.82) is 0 Å². The number of halogens is 1. The molecular formula is C23H33BrN2O3. The summed E-state index contributed by atoms with van der Waals surface area (Å²) in [5, 5.41) is 0. The van der Waals surface area contributed by atoms with E-state index in [1.807, 2.05) is 17.9 Å². The highest BCUT2D eigenvalue weighted by atomic mass is 79.9. The van der Waals surface area contributed by atoms with Crippen LogP contribution in [0.25, 0.3) is 0 Å². The number of carbonyl (C=O) groups is 1. The summed E-state index contributed by atoms with van der Waals surface area (Å²) < 4.78 is 12.4. The van der Waals surface area contributed by atoms with Crippen molar-refractivity contribution in [3.63, 3.8) is 0 Å². The van der Waals surface area contributed by atoms with Gasteiger partial charge in [0, 0.05) is 17.6 Å². The van der Waals surface area contributed by atoms with E-state index in [0.29, 0.717) is 6.61 Å². The average molecular weight is 465 g/mol. The molecule has 1 aromatic carbocycles. The van der Waals surface area contributed by atoms with Crippen LogP contribution < -0.4 is 4.74 Å². The van der Waals surface area contributed by atoms with Gasteiger partial charge >= 0.3 is 6.09 Å². The molecule has 1 unspecified atom stereocenters. The zero-order valence-corrected chi connectivity index (χ0v) is 19.0. The van der Waals surface area contributed by atoms with Crippen LogP contribution >= 0.6 is 15.9 Å². The van der Waals surface area contributed by atoms with Gasteiger partial charge in [0.25, 0.3) is 0 Å². The number of hydrogen-bond acceptors (Lipinski definition) is 4. The lowest BCUT2D eigenvalue weighted by Gasteiger charge is -2.32. The number of carbonyl (C=O) groups excluding carboxylic acids is 1. The molecule has 3 aliphatic rings. The van der Waals surface area contributed by atoms with Gasteiger partial charge in [-0.2, -0.15) is 0 Å². The second-order valence-corrected chi connectivity index (χ2v) is 9.67. The molecule has 1 amide bonds. The van der Waals surface area contributed by atoms with Gasteiger partial charge in [0.05, 0.1) is 13.2 Å². The first kappa shape index (κ1) is 21.0. The third kappa shape index (κ3) is 5.88. The standard InChI is InChI=1S/C23H33BrN2O3/c1-2-28-20-5-6-22(24)19(14-20)13-17-7-10-25(11-8-17)12-9-21-16-26(23(27)29-21)15-18-3-4-18/h5-6,14,17-18,21H,2-4,7-13,15-16H2,1H3. The molecule has 1 saturated carbocycles. The predicted molar refractivity (Wildman–Crippen MR) is 117 cm³/mol. The van der Waals surface area contributed by atoms with E-state index in [9.17, 15) is 4.79 Å². The maximum Gasteiger partial charge on any atom is 0.410 e. The second kappa shape index (κ2) is 9.69. The molecule has 1 aromatic rings. The third-order valence-electron chi connectivity index (χ3n) is 6.44. The molecule has 3 fully saturated rings. The molecule has 4 rings (SSSR count). The first-order valence-electron chi connectivity index (χ1n) is 11.2. The van der Waals surface area contributed by atoms with Crippen LogP contribution in [0.4, 0.5) is 4.79 Å². The van der Waals surface area contributed by atoms with Gasteiger partial charge in [-0.3, -0.25) is 0 Å². The van der Waals surface area contributed by atoms with E-state index in [0.717, 1.165) is 63.2 Å². The molecule has 5 nitrogen and oxygen atoms in total. The third-order valence-corrected chi connectivity index (χ3v) is 7.21. The van der Waals surface area contributed by atoms with E-state index in [1.54, 1.807) is 0 Å². The Bertz CT molecular complexity index is 701. The SMILES string of the molecule is CCOc1ccc(Br)c(CC2CCN(CCC3CN(CC4CC4)C(=O)O3)CC2)c1. The molecule has 6 heteroatoms. The lowest BCUT2D eigenvalue weighted by atomic mass is 9.90. The molecule has 0 N–H and O–H groups in total. The van der Waals surface area contributed by atoms with Gasteiger partial charge in [-0.25, -0.2) is 4.79 Å². The van der Waals surface area contributed by atoms with Crippen LogP contribution in [-0.4, -0.2) is 61.3 Å². The molecule has 1 aliphatic carbocycles. The molecule has 1 atom stereocenters. The Morgan fingerprint density at radius 2 is 1.97 bits per heavy atom. The van der Waals surface area contributed by atoms with Crippen molar-refractivity contribution >= 4 is 22.0 Å². The van der Waals surface area contributed by atoms with Crippen LogP contribution in [0.15, 0.2) is 22.7 Å². The van der Waals surface area contributed by atoms with Crippen LogP contribution in [0.1, 0.15) is 44.6 Å². The number of nitrogens with zero attached hydrogens (tertiary/aromatic N) is 2. The summed E-state index contributed by atoms with van der Waals surface area (Å²) in [7, 11) is 0. The largest absolute Gasteiger partial charge is 0.494 e. The van der Waals surface area contributed by atoms with Crippen molar-refractivity contribution in [2.75, 3.05) is 39.3 Å². The normalized spacial score (nSPS) is 23.4. The zero-order valence-electron chi connectivity index (χ0n) is 17.4. The number of rotatable bonds is 9. The number of cyclic esters (lactones) is 1. The molecule has 0 spiro atoms. The first-order valence-corrected chi connectivity index (χ1v) is 12.0. The van der Waals surface area contributed by atoms with Gasteiger partial charge in [-0.1, -0.05) is 15.9 Å². The molecule has 0 bridgehead atoms. The lowest BCUT2D eigenvalue weighted by molar-refractivity contribution is 0.113. The highest BCUT2D eigenvalue weighted by molar-refractivity contribution is 9.10. The van der Waals surface area contributed by atoms with E-state index in [2.05, 4.69) is 33.0 Å². The average Bonchev–Trinajstić information content (AvgIpc) is 3.46. The van der Waals surface area contributed by atoms with Gasteiger partial charge in [0.15, 0.2) is 0 Å². The van der Waals surface area contributed by atoms with Crippen LogP contribution in [0.3, 0.4) is 0 Å². The monoisotopic (exact) mass is 464 g/mol. The smallest absolute Gasteiger partial charge is 0.410 e. The van der Waals surface area contributed by atoms with Crippen LogP contribution in [0.5, 0.6) is 5.75 Å². The summed E-state index contributed by atoms with van der Waals surface area (Å²) in [5.41, 5.74) is 1.35. The van der Waals surface area contributed by atoms with Crippen LogP contribution in [0.2, 0.25) is 0 Å². The number of amides is 1. The summed E-state index contributed by atoms with van der Waals surface area (Å²) in [6.45, 7) is 7.73. The number of hydrogen-bond donors (Lipinski definition) is 0. The zero-order chi connectivity index (χ0) is 20.2. The van der Waals surface area contributed by atoms with E-state index in [-0.39, 0.29) is 12.2 Å². The number of ether oxygens (including phenoxy) is 2. The fourth-order valence-corrected chi connectivity index (χ4v) is 4.91. The molecule has 0 aromatic heterocycles. The summed E-state index contributed by atoms with van der Waals surface area (Å²) in [6, 6.07) is 6.31. The lowest BCUT2D eigenvalue weighted by Crippen LogP contribution is -2.36. The maximum atomic E-state index is 12.0. The van der Waals surface area contributed by atoms with E-state index in [4.69, 9.17) is 9.47 Å². The fraction of sp³-hybridized carbons (Fsp3) is 0.696. The van der Waals surface area contributed by atoms with Gasteiger partial charge in [0.2, 0.25) is 0 Å². The Kier molecular flexibility index (Phi) is 7.01. The minimum absolute atomic E-state index is 0.0798. The Morgan fingerprint density at radius 1 is 1.17 bits per heavy atom. The van der Waals surface area contributed by atoms with E-state index >= 15 is 0 Å². The van der Waals surface area contributed by atoms with Gasteiger partial charge in [0.1, 0.15) is 11.9 Å². The van der Waals surface area contributed by atoms with Crippen LogP contribution in [0, 0.1) is 11.8 Å². The van der Waals surface area contributed by atoms with Gasteiger partial charge in [-0.15, -0.1) is 0 Å². The maximum absolute atomic E-state index is 12.0. The first-order chi connectivity index (χ1) is 14.1. The highest BCUT2D eigenvalue weighted by Crippen LogP contribution is 2.32. The van der Waals surface area contributed by atoms with Gasteiger partial charge < -0.3 is 19.3 Å². The Labute approximate surface area is 182 Å². The van der Waals surface area contributed by atoms with Crippen molar-refractivity contribution in [3.05, 3.63) is 28.2 Å². The van der Waals surface area contributed by atoms with Crippen molar-refractivity contribution in [2.45, 2.75) is 51.6 Å². The Morgan fingerprint density at radius 3 is 2.69 bits per heavy atom. The summed E-state index contributed by atoms with van der Waals surface area (Å²) >= 11 is 3.70. The summed E-state index contributed by atoms with van der Waals surface area (Å²) in [5.74, 6) is 2.41. The van der Waals surface area contributed by atoms with Crippen molar-refractivity contribution in [3.8, 4) is 5.75 Å². The molecule has 0 radical (unpaired) electrons. The van der Waals surface area contributed by atoms with Crippen molar-refractivity contribution < 1.29 is 14.3 Å². The summed E-state index contributed by atoms with van der Waals surface area (Å²) in [4.78, 5) is 16.4. The second-order valence-electron chi connectivity index (χ2n) is 8.82. The molecular weight excluding hydrogens is 432 g/mol. The minimum atomic E-state index is -0.0968. The molecule has 2 aliphatic heterocycles. The molecule has 29 heavy (non-hydrogen) atoms. The fourth-order valence-electron chi connectivity index (χ4n) is 4.50. The van der Waals surface area contributed by atoms with Gasteiger partial charge in [-0.05, 0) is 94.1 Å². The Balaban J connectivity index is 1.18. The van der Waals surface area contributed by atoms with E-state index in [1.165, 1.54) is 35.7 Å². The predicted octanol–water partition coefficient (Wildman–Crippen LogP) is 4.72. The van der Waals surface area contributed by atoms with E-state index < -0.39 is 0 Å². The number of likely N-dealkylation sites (tertiary alicyclic amines) is 1. The molecule has 2 heterocycles. The van der Waals surface area contributed by atoms with Crippen LogP contribution in [-0.2, 0) is 11.2 Å². The number of piperidine rings is 1. The Hall–Kier alpha value is -1.27. The minimum Gasteiger partial charge on any atom is -0.494 e. The van der Waals surface area contributed by atoms with Crippen molar-refractivity contribution in [2.24, 2.45) is 11.8 Å².